The maximum Gasteiger partial charge on any atom is 0.147 e. The van der Waals surface area contributed by atoms with Crippen LogP contribution in [0.3, 0.4) is 0 Å². The van der Waals surface area contributed by atoms with E-state index in [0.717, 1.165) is 10.9 Å². The molecular formula is C10H9N6ORe-. The van der Waals surface area contributed by atoms with Gasteiger partial charge in [-0.05, 0) is 17.3 Å². The van der Waals surface area contributed by atoms with E-state index in [1.165, 1.54) is 0 Å². The smallest absolute Gasteiger partial charge is 0.147 e. The number of aliphatic hydroxyl groups is 1. The standard InChI is InChI=1S/C10H9N6O.Re/c11-10-13-8-7(3-12-15-8)9(14-10)16-2-1-6(4-16)5-17;/h1-4,17H,5H2,(H2-,11,12,13,14,15);/q-1;. The molecule has 93 valence electrons. The normalized spacial score (nSPS) is 10.5. The fraction of sp³-hybridized carbons (Fsp3) is 0.100. The first kappa shape index (κ1) is 12.7. The second kappa shape index (κ2) is 4.86. The van der Waals surface area contributed by atoms with E-state index in [2.05, 4.69) is 20.2 Å². The van der Waals surface area contributed by atoms with Gasteiger partial charge in [-0.2, -0.15) is 0 Å². The van der Waals surface area contributed by atoms with E-state index in [4.69, 9.17) is 10.8 Å². The molecule has 0 spiro atoms. The molecule has 0 saturated carbocycles. The molecule has 3 aromatic heterocycles. The Kier molecular flexibility index (Phi) is 3.43. The van der Waals surface area contributed by atoms with E-state index in [0.29, 0.717) is 11.5 Å². The Hall–Kier alpha value is -1.75. The quantitative estimate of drug-likeness (QED) is 0.603. The number of anilines is 1. The molecule has 0 aliphatic carbocycles. The van der Waals surface area contributed by atoms with Crippen LogP contribution in [0.25, 0.3) is 16.9 Å². The molecule has 0 aliphatic heterocycles. The summed E-state index contributed by atoms with van der Waals surface area (Å²) in [7, 11) is 0. The third kappa shape index (κ3) is 2.01. The zero-order valence-corrected chi connectivity index (χ0v) is 11.9. The van der Waals surface area contributed by atoms with Gasteiger partial charge in [0.05, 0.1) is 6.61 Å². The van der Waals surface area contributed by atoms with Crippen LogP contribution >= 0.6 is 0 Å². The maximum atomic E-state index is 9.03. The monoisotopic (exact) mass is 416 g/mol. The number of nitrogens with two attached hydrogens (primary N) is 1. The van der Waals surface area contributed by atoms with Gasteiger partial charge in [-0.3, -0.25) is 5.10 Å². The second-order valence-electron chi connectivity index (χ2n) is 3.57. The molecule has 1 radical (unpaired) electrons. The molecule has 18 heavy (non-hydrogen) atoms. The van der Waals surface area contributed by atoms with Crippen molar-refractivity contribution in [2.75, 3.05) is 5.73 Å². The largest absolute Gasteiger partial charge is 0.403 e. The summed E-state index contributed by atoms with van der Waals surface area (Å²) in [5.41, 5.74) is 6.87. The number of hydrogen-bond acceptors (Lipinski definition) is 5. The van der Waals surface area contributed by atoms with Crippen molar-refractivity contribution in [2.45, 2.75) is 6.61 Å². The van der Waals surface area contributed by atoms with Crippen molar-refractivity contribution >= 4 is 17.0 Å². The van der Waals surface area contributed by atoms with E-state index in [1.54, 1.807) is 29.2 Å². The van der Waals surface area contributed by atoms with Gasteiger partial charge >= 0.3 is 0 Å². The van der Waals surface area contributed by atoms with Crippen LogP contribution < -0.4 is 10.8 Å². The average Bonchev–Trinajstić information content (AvgIpc) is 2.95. The van der Waals surface area contributed by atoms with Gasteiger partial charge in [0.25, 0.3) is 0 Å². The summed E-state index contributed by atoms with van der Waals surface area (Å²) >= 11 is 0. The number of fused-ring (bicyclic) bond motifs is 1. The van der Waals surface area contributed by atoms with Crippen molar-refractivity contribution in [2.24, 2.45) is 0 Å². The summed E-state index contributed by atoms with van der Waals surface area (Å²) in [6, 6.07) is 1.80. The van der Waals surface area contributed by atoms with E-state index < -0.39 is 0 Å². The topological polar surface area (TPSA) is 104 Å². The molecule has 0 saturated heterocycles. The van der Waals surface area contributed by atoms with Crippen LogP contribution in [0.15, 0.2) is 24.7 Å². The van der Waals surface area contributed by atoms with Crippen molar-refractivity contribution in [1.29, 1.82) is 0 Å². The Labute approximate surface area is 116 Å². The molecule has 3 rings (SSSR count). The first-order valence-corrected chi connectivity index (χ1v) is 4.97. The number of rotatable bonds is 2. The molecule has 0 aliphatic rings. The minimum atomic E-state index is -0.0196. The first-order chi connectivity index (χ1) is 8.28. The van der Waals surface area contributed by atoms with Gasteiger partial charge in [0.1, 0.15) is 11.8 Å². The summed E-state index contributed by atoms with van der Waals surface area (Å²) in [6.45, 7) is -0.0196. The molecule has 3 heterocycles. The Bertz CT molecular complexity index is 676. The molecule has 0 aromatic carbocycles. The summed E-state index contributed by atoms with van der Waals surface area (Å²) in [5.74, 6) is 0.754. The van der Waals surface area contributed by atoms with Crippen LogP contribution in [-0.2, 0) is 27.0 Å². The number of aromatic nitrogens is 5. The van der Waals surface area contributed by atoms with Gasteiger partial charge in [-0.1, -0.05) is 0 Å². The van der Waals surface area contributed by atoms with Crippen LogP contribution in [0.2, 0.25) is 0 Å². The van der Waals surface area contributed by atoms with Crippen LogP contribution in [0.4, 0.5) is 5.95 Å². The van der Waals surface area contributed by atoms with E-state index in [9.17, 15) is 0 Å². The average molecular weight is 415 g/mol. The third-order valence-corrected chi connectivity index (χ3v) is 2.44. The SMILES string of the molecule is Nc1nc(-n2ccc(CO)c2)c2cn[n-]c2n1.[Re]. The molecule has 8 heteroatoms. The van der Waals surface area contributed by atoms with E-state index >= 15 is 0 Å². The van der Waals surface area contributed by atoms with Gasteiger partial charge < -0.3 is 25.5 Å². The van der Waals surface area contributed by atoms with Crippen molar-refractivity contribution in [3.05, 3.63) is 30.2 Å². The Balaban J connectivity index is 0.00000120. The van der Waals surface area contributed by atoms with Crippen LogP contribution in [0, 0.1) is 0 Å². The van der Waals surface area contributed by atoms with Gasteiger partial charge in [0, 0.05) is 44.4 Å². The van der Waals surface area contributed by atoms with Crippen molar-refractivity contribution in [3.63, 3.8) is 0 Å². The molecule has 0 fully saturated rings. The summed E-state index contributed by atoms with van der Waals surface area (Å²) < 4.78 is 1.76. The van der Waals surface area contributed by atoms with Gasteiger partial charge in [0.2, 0.25) is 0 Å². The predicted molar refractivity (Wildman–Crippen MR) is 60.3 cm³/mol. The summed E-state index contributed by atoms with van der Waals surface area (Å²) in [4.78, 5) is 8.14. The Morgan fingerprint density at radius 3 is 2.94 bits per heavy atom. The zero-order chi connectivity index (χ0) is 11.8. The second-order valence-corrected chi connectivity index (χ2v) is 3.57. The fourth-order valence-electron chi connectivity index (χ4n) is 1.66. The van der Waals surface area contributed by atoms with E-state index in [-0.39, 0.29) is 33.0 Å². The van der Waals surface area contributed by atoms with Gasteiger partial charge in [-0.25, -0.2) is 4.98 Å². The molecule has 0 atom stereocenters. The Morgan fingerprint density at radius 1 is 1.39 bits per heavy atom. The maximum absolute atomic E-state index is 9.03. The fourth-order valence-corrected chi connectivity index (χ4v) is 1.66. The van der Waals surface area contributed by atoms with E-state index in [1.807, 2.05) is 0 Å². The molecule has 0 unspecified atom stereocenters. The summed E-state index contributed by atoms with van der Waals surface area (Å²) in [6.07, 6.45) is 5.15. The molecule has 0 bridgehead atoms. The first-order valence-electron chi connectivity index (χ1n) is 4.97. The molecule has 0 amide bonds. The molecular weight excluding hydrogens is 406 g/mol. The van der Waals surface area contributed by atoms with Gasteiger partial charge in [-0.15, -0.1) is 0 Å². The molecule has 3 N–H and O–H groups in total. The number of nitrogens with zero attached hydrogens (tertiary/aromatic N) is 5. The molecule has 3 aromatic rings. The zero-order valence-electron chi connectivity index (χ0n) is 9.16. The van der Waals surface area contributed by atoms with Crippen LogP contribution in [0.1, 0.15) is 5.56 Å². The Morgan fingerprint density at radius 2 is 2.22 bits per heavy atom. The van der Waals surface area contributed by atoms with Crippen molar-refractivity contribution in [3.8, 4) is 5.82 Å². The minimum absolute atomic E-state index is 0. The molecule has 7 nitrogen and oxygen atoms in total. The minimum Gasteiger partial charge on any atom is -0.403 e. The predicted octanol–water partition coefficient (Wildman–Crippen LogP) is -0.155. The van der Waals surface area contributed by atoms with Crippen molar-refractivity contribution < 1.29 is 25.5 Å². The van der Waals surface area contributed by atoms with Crippen LogP contribution in [-0.4, -0.2) is 24.7 Å². The van der Waals surface area contributed by atoms with Crippen LogP contribution in [0.5, 0.6) is 0 Å². The number of hydrogen-bond donors (Lipinski definition) is 2. The van der Waals surface area contributed by atoms with Gasteiger partial charge in [0.15, 0.2) is 0 Å². The third-order valence-electron chi connectivity index (χ3n) is 2.44. The van der Waals surface area contributed by atoms with Crippen molar-refractivity contribution in [1.82, 2.24) is 24.7 Å². The summed E-state index contributed by atoms with van der Waals surface area (Å²) in [5, 5.41) is 17.4. The number of nitrogen functional groups attached to an aromatic ring is 1. The number of aliphatic hydroxyl groups excluding tert-OH is 1.